The largest absolute Gasteiger partial charge is 0.381 e. The molecule has 19 heavy (non-hydrogen) atoms. The van der Waals surface area contributed by atoms with E-state index in [1.54, 1.807) is 0 Å². The second-order valence-electron chi connectivity index (χ2n) is 5.96. The third kappa shape index (κ3) is 3.77. The number of halogens is 1. The molecule has 0 aromatic carbocycles. The minimum absolute atomic E-state index is 0.238. The van der Waals surface area contributed by atoms with E-state index in [1.165, 1.54) is 31.4 Å². The summed E-state index contributed by atoms with van der Waals surface area (Å²) in [6, 6.07) is 4.96. The summed E-state index contributed by atoms with van der Waals surface area (Å²) in [5, 5.41) is 3.68. The minimum atomic E-state index is 0.238. The van der Waals surface area contributed by atoms with Gasteiger partial charge in [0.1, 0.15) is 0 Å². The topological polar surface area (TPSA) is 34.1 Å². The molecule has 0 spiro atoms. The summed E-state index contributed by atoms with van der Waals surface area (Å²) in [5.41, 5.74) is 1.41. The van der Waals surface area contributed by atoms with E-state index in [2.05, 4.69) is 38.4 Å². The minimum Gasteiger partial charge on any atom is -0.381 e. The molecule has 1 aromatic heterocycles. The predicted molar refractivity (Wildman–Crippen MR) is 79.2 cm³/mol. The Morgan fingerprint density at radius 3 is 2.95 bits per heavy atom. The van der Waals surface area contributed by atoms with Crippen molar-refractivity contribution in [2.45, 2.75) is 38.1 Å². The van der Waals surface area contributed by atoms with E-state index in [1.807, 2.05) is 6.20 Å². The first kappa shape index (κ1) is 13.5. The van der Waals surface area contributed by atoms with Gasteiger partial charge in [-0.1, -0.05) is 0 Å². The van der Waals surface area contributed by atoms with Crippen LogP contribution < -0.4 is 5.32 Å². The molecule has 4 heteroatoms. The number of nitrogens with one attached hydrogen (secondary N) is 1. The Hall–Kier alpha value is -0.450. The lowest BCUT2D eigenvalue weighted by Crippen LogP contribution is -2.43. The quantitative estimate of drug-likeness (QED) is 0.904. The van der Waals surface area contributed by atoms with Crippen molar-refractivity contribution in [2.24, 2.45) is 5.41 Å². The van der Waals surface area contributed by atoms with Gasteiger partial charge in [0.25, 0.3) is 0 Å². The van der Waals surface area contributed by atoms with Crippen LogP contribution in [0.5, 0.6) is 0 Å². The molecule has 2 aliphatic rings. The maximum absolute atomic E-state index is 5.76. The normalized spacial score (nSPS) is 27.4. The summed E-state index contributed by atoms with van der Waals surface area (Å²) < 4.78 is 6.80. The van der Waals surface area contributed by atoms with Crippen LogP contribution in [0.25, 0.3) is 0 Å². The summed E-state index contributed by atoms with van der Waals surface area (Å²) in [6.45, 7) is 2.85. The van der Waals surface area contributed by atoms with Gasteiger partial charge >= 0.3 is 0 Å². The van der Waals surface area contributed by atoms with Crippen LogP contribution in [0.2, 0.25) is 0 Å². The fourth-order valence-electron chi connectivity index (χ4n) is 2.79. The Morgan fingerprint density at radius 2 is 2.32 bits per heavy atom. The van der Waals surface area contributed by atoms with Gasteiger partial charge in [-0.3, -0.25) is 4.98 Å². The van der Waals surface area contributed by atoms with E-state index in [0.29, 0.717) is 0 Å². The molecule has 1 saturated heterocycles. The zero-order valence-corrected chi connectivity index (χ0v) is 12.8. The molecule has 3 rings (SSSR count). The van der Waals surface area contributed by atoms with Crippen molar-refractivity contribution in [1.29, 1.82) is 0 Å². The van der Waals surface area contributed by atoms with Crippen molar-refractivity contribution in [2.75, 3.05) is 19.8 Å². The average Bonchev–Trinajstić information content (AvgIpc) is 3.25. The van der Waals surface area contributed by atoms with Crippen LogP contribution in [-0.4, -0.2) is 30.8 Å². The van der Waals surface area contributed by atoms with Gasteiger partial charge in [-0.15, -0.1) is 0 Å². The van der Waals surface area contributed by atoms with Crippen LogP contribution in [0.15, 0.2) is 22.8 Å². The Bertz CT molecular complexity index is 411. The molecule has 2 fully saturated rings. The number of nitrogens with zero attached hydrogens (tertiary/aromatic N) is 1. The van der Waals surface area contributed by atoms with Crippen molar-refractivity contribution in [3.05, 3.63) is 28.5 Å². The van der Waals surface area contributed by atoms with Crippen LogP contribution in [0.1, 0.15) is 31.4 Å². The fraction of sp³-hybridized carbons (Fsp3) is 0.667. The number of aromatic nitrogens is 1. The van der Waals surface area contributed by atoms with Crippen LogP contribution in [-0.2, 0) is 11.2 Å². The van der Waals surface area contributed by atoms with Gasteiger partial charge in [-0.25, -0.2) is 0 Å². The number of hydrogen-bond donors (Lipinski definition) is 1. The highest BCUT2D eigenvalue weighted by Crippen LogP contribution is 2.33. The monoisotopic (exact) mass is 324 g/mol. The van der Waals surface area contributed by atoms with Crippen molar-refractivity contribution in [3.8, 4) is 0 Å². The molecule has 0 amide bonds. The van der Waals surface area contributed by atoms with Gasteiger partial charge in [-0.2, -0.15) is 0 Å². The van der Waals surface area contributed by atoms with E-state index in [-0.39, 0.29) is 5.41 Å². The molecule has 2 heterocycles. The Labute approximate surface area is 123 Å². The van der Waals surface area contributed by atoms with Crippen molar-refractivity contribution in [1.82, 2.24) is 10.3 Å². The number of hydrogen-bond acceptors (Lipinski definition) is 3. The number of pyridine rings is 1. The summed E-state index contributed by atoms with van der Waals surface area (Å²) in [5.74, 6) is 0. The van der Waals surface area contributed by atoms with Gasteiger partial charge in [-0.05, 0) is 60.2 Å². The standard InChI is InChI=1S/C15H21BrN2O/c16-12-2-3-14(17-9-12)8-15(6-1-7-19-11-15)10-18-13-4-5-13/h2-3,9,13,18H,1,4-8,10-11H2. The van der Waals surface area contributed by atoms with E-state index >= 15 is 0 Å². The summed E-state index contributed by atoms with van der Waals surface area (Å²) >= 11 is 3.44. The highest BCUT2D eigenvalue weighted by atomic mass is 79.9. The van der Waals surface area contributed by atoms with Gasteiger partial charge in [0.2, 0.25) is 0 Å². The van der Waals surface area contributed by atoms with Gasteiger partial charge in [0, 0.05) is 41.0 Å². The molecule has 1 aromatic rings. The van der Waals surface area contributed by atoms with E-state index < -0.39 is 0 Å². The summed E-state index contributed by atoms with van der Waals surface area (Å²) in [6.07, 6.45) is 8.00. The Kier molecular flexibility index (Phi) is 4.20. The lowest BCUT2D eigenvalue weighted by Gasteiger charge is -2.37. The Morgan fingerprint density at radius 1 is 1.42 bits per heavy atom. The second kappa shape index (κ2) is 5.90. The molecular weight excluding hydrogens is 304 g/mol. The molecule has 1 aliphatic heterocycles. The lowest BCUT2D eigenvalue weighted by atomic mass is 9.78. The second-order valence-corrected chi connectivity index (χ2v) is 6.87. The third-order valence-corrected chi connectivity index (χ3v) is 4.56. The van der Waals surface area contributed by atoms with Crippen LogP contribution in [0, 0.1) is 5.41 Å². The molecule has 1 saturated carbocycles. The Balaban J connectivity index is 1.68. The molecule has 1 atom stereocenters. The maximum atomic E-state index is 5.76. The molecule has 0 radical (unpaired) electrons. The molecule has 0 bridgehead atoms. The van der Waals surface area contributed by atoms with E-state index in [9.17, 15) is 0 Å². The van der Waals surface area contributed by atoms with Crippen LogP contribution in [0.4, 0.5) is 0 Å². The van der Waals surface area contributed by atoms with Gasteiger partial charge < -0.3 is 10.1 Å². The summed E-state index contributed by atoms with van der Waals surface area (Å²) in [7, 11) is 0. The van der Waals surface area contributed by atoms with Crippen LogP contribution in [0.3, 0.4) is 0 Å². The zero-order chi connectivity index (χ0) is 13.1. The fourth-order valence-corrected chi connectivity index (χ4v) is 3.03. The van der Waals surface area contributed by atoms with Crippen molar-refractivity contribution < 1.29 is 4.74 Å². The first-order chi connectivity index (χ1) is 9.26. The maximum Gasteiger partial charge on any atom is 0.0538 e. The van der Waals surface area contributed by atoms with Gasteiger partial charge in [0.15, 0.2) is 0 Å². The average molecular weight is 325 g/mol. The highest BCUT2D eigenvalue weighted by Gasteiger charge is 2.35. The first-order valence-corrected chi connectivity index (χ1v) is 7.97. The third-order valence-electron chi connectivity index (χ3n) is 4.09. The molecule has 1 N–H and O–H groups in total. The number of rotatable bonds is 5. The summed E-state index contributed by atoms with van der Waals surface area (Å²) in [4.78, 5) is 4.53. The van der Waals surface area contributed by atoms with Crippen LogP contribution >= 0.6 is 15.9 Å². The van der Waals surface area contributed by atoms with Crippen molar-refractivity contribution >= 4 is 15.9 Å². The SMILES string of the molecule is Brc1ccc(CC2(CNC3CC3)CCCOC2)nc1. The van der Waals surface area contributed by atoms with E-state index in [4.69, 9.17) is 4.74 Å². The van der Waals surface area contributed by atoms with Crippen molar-refractivity contribution in [3.63, 3.8) is 0 Å². The number of ether oxygens (including phenoxy) is 1. The molecule has 104 valence electrons. The van der Waals surface area contributed by atoms with Gasteiger partial charge in [0.05, 0.1) is 6.61 Å². The predicted octanol–water partition coefficient (Wildman–Crippen LogP) is 2.94. The molecule has 1 aliphatic carbocycles. The zero-order valence-electron chi connectivity index (χ0n) is 11.2. The molecule has 1 unspecified atom stereocenters. The lowest BCUT2D eigenvalue weighted by molar-refractivity contribution is -0.00783. The van der Waals surface area contributed by atoms with E-state index in [0.717, 1.165) is 36.7 Å². The smallest absolute Gasteiger partial charge is 0.0538 e. The highest BCUT2D eigenvalue weighted by molar-refractivity contribution is 9.10. The first-order valence-electron chi connectivity index (χ1n) is 7.17. The molecular formula is C15H21BrN2O. The molecule has 3 nitrogen and oxygen atoms in total.